The predicted octanol–water partition coefficient (Wildman–Crippen LogP) is 4.02. The van der Waals surface area contributed by atoms with Crippen molar-refractivity contribution in [3.05, 3.63) is 58.0 Å². The van der Waals surface area contributed by atoms with E-state index in [9.17, 15) is 23.6 Å². The smallest absolute Gasteiger partial charge is 0.387 e. The minimum Gasteiger partial charge on any atom is -0.462 e. The number of nitrogens with zero attached hydrogens (tertiary/aromatic N) is 3. The summed E-state index contributed by atoms with van der Waals surface area (Å²) in [6.07, 6.45) is 0. The number of carbonyl (C=O) groups is 1. The van der Waals surface area contributed by atoms with Gasteiger partial charge in [0, 0.05) is 12.1 Å². The lowest BCUT2D eigenvalue weighted by Gasteiger charge is -2.10. The molecule has 30 heavy (non-hydrogen) atoms. The van der Waals surface area contributed by atoms with Crippen molar-refractivity contribution in [2.75, 3.05) is 6.61 Å². The van der Waals surface area contributed by atoms with Gasteiger partial charge in [-0.3, -0.25) is 9.13 Å². The molecule has 0 N–H and O–H groups in total. The van der Waals surface area contributed by atoms with E-state index in [1.807, 2.05) is 6.07 Å². The number of benzene rings is 2. The number of halogens is 2. The zero-order valence-electron chi connectivity index (χ0n) is 16.6. The molecule has 0 saturated carbocycles. The van der Waals surface area contributed by atoms with Gasteiger partial charge in [0.2, 0.25) is 0 Å². The van der Waals surface area contributed by atoms with Gasteiger partial charge in [0.15, 0.2) is 0 Å². The molecule has 3 rings (SSSR count). The lowest BCUT2D eigenvalue weighted by Crippen LogP contribution is -2.24. The Labute approximate surface area is 170 Å². The second kappa shape index (κ2) is 8.37. The molecule has 0 atom stereocenters. The van der Waals surface area contributed by atoms with Crippen molar-refractivity contribution in [1.82, 2.24) is 9.13 Å². The van der Waals surface area contributed by atoms with Crippen LogP contribution < -0.4 is 10.4 Å². The number of ether oxygens (including phenoxy) is 2. The quantitative estimate of drug-likeness (QED) is 0.568. The summed E-state index contributed by atoms with van der Waals surface area (Å²) < 4.78 is 37.3. The maximum Gasteiger partial charge on any atom is 0.387 e. The fourth-order valence-electron chi connectivity index (χ4n) is 3.33. The highest BCUT2D eigenvalue weighted by atomic mass is 19.3. The molecule has 2 aromatic carbocycles. The molecule has 0 aliphatic carbocycles. The van der Waals surface area contributed by atoms with Gasteiger partial charge in [0.25, 0.3) is 0 Å². The Hall–Kier alpha value is -3.67. The molecule has 0 bridgehead atoms. The summed E-state index contributed by atoms with van der Waals surface area (Å²) in [4.78, 5) is 25.6. The molecular weight excluding hydrogens is 396 g/mol. The van der Waals surface area contributed by atoms with E-state index in [4.69, 9.17) is 4.74 Å². The number of hydrogen-bond acceptors (Lipinski definition) is 5. The molecule has 0 aliphatic rings. The maximum atomic E-state index is 13.3. The van der Waals surface area contributed by atoms with Crippen molar-refractivity contribution in [3.8, 4) is 17.5 Å². The first-order valence-corrected chi connectivity index (χ1v) is 9.22. The molecule has 0 aliphatic heterocycles. The maximum absolute atomic E-state index is 13.3. The molecule has 0 amide bonds. The van der Waals surface area contributed by atoms with E-state index >= 15 is 0 Å². The van der Waals surface area contributed by atoms with E-state index in [1.165, 1.54) is 39.5 Å². The van der Waals surface area contributed by atoms with Crippen molar-refractivity contribution >= 4 is 17.0 Å². The van der Waals surface area contributed by atoms with E-state index in [1.54, 1.807) is 26.8 Å². The lowest BCUT2D eigenvalue weighted by atomic mass is 10.1. The molecule has 156 valence electrons. The van der Waals surface area contributed by atoms with E-state index in [2.05, 4.69) is 4.74 Å². The van der Waals surface area contributed by atoms with Crippen LogP contribution >= 0.6 is 0 Å². The number of rotatable bonds is 6. The van der Waals surface area contributed by atoms with Crippen LogP contribution in [0.2, 0.25) is 0 Å². The standard InChI is InChI=1S/C21H19F2N3O4/c1-4-29-19(27)15-8-9-17-18(16(15)11-24)25(12(2)3)21(28)26(17)13-6-5-7-14(10-13)30-20(22)23/h5-10,12,20H,4H2,1-3H3. The Morgan fingerprint density at radius 2 is 1.97 bits per heavy atom. The summed E-state index contributed by atoms with van der Waals surface area (Å²) in [5.41, 5.74) is 0.487. The third-order valence-electron chi connectivity index (χ3n) is 4.46. The molecule has 1 aromatic heterocycles. The number of aromatic nitrogens is 2. The Balaban J connectivity index is 2.36. The summed E-state index contributed by atoms with van der Waals surface area (Å²) in [5, 5.41) is 9.77. The molecule has 0 spiro atoms. The fraction of sp³-hybridized carbons (Fsp3) is 0.286. The average molecular weight is 415 g/mol. The monoisotopic (exact) mass is 415 g/mol. The van der Waals surface area contributed by atoms with Gasteiger partial charge in [0.1, 0.15) is 11.8 Å². The van der Waals surface area contributed by atoms with Gasteiger partial charge in [-0.25, -0.2) is 9.59 Å². The highest BCUT2D eigenvalue weighted by Crippen LogP contribution is 2.28. The molecule has 0 saturated heterocycles. The lowest BCUT2D eigenvalue weighted by molar-refractivity contribution is -0.0498. The van der Waals surface area contributed by atoms with Crippen molar-refractivity contribution in [2.45, 2.75) is 33.4 Å². The first kappa shape index (κ1) is 21.0. The summed E-state index contributed by atoms with van der Waals surface area (Å²) >= 11 is 0. The number of hydrogen-bond donors (Lipinski definition) is 0. The highest BCUT2D eigenvalue weighted by molar-refractivity contribution is 5.99. The van der Waals surface area contributed by atoms with Gasteiger partial charge in [-0.1, -0.05) is 6.07 Å². The summed E-state index contributed by atoms with van der Waals surface area (Å²) in [6, 6.07) is 10.3. The first-order chi connectivity index (χ1) is 14.3. The molecule has 9 heteroatoms. The Morgan fingerprint density at radius 3 is 2.57 bits per heavy atom. The van der Waals surface area contributed by atoms with Gasteiger partial charge in [-0.2, -0.15) is 14.0 Å². The van der Waals surface area contributed by atoms with Crippen LogP contribution in [0.1, 0.15) is 42.7 Å². The normalized spacial score (nSPS) is 11.1. The second-order valence-corrected chi connectivity index (χ2v) is 6.65. The average Bonchev–Trinajstić information content (AvgIpc) is 2.99. The van der Waals surface area contributed by atoms with E-state index in [0.29, 0.717) is 5.52 Å². The van der Waals surface area contributed by atoms with Crippen LogP contribution in [0.5, 0.6) is 5.75 Å². The first-order valence-electron chi connectivity index (χ1n) is 9.22. The predicted molar refractivity (Wildman–Crippen MR) is 105 cm³/mol. The summed E-state index contributed by atoms with van der Waals surface area (Å²) in [6.45, 7) is 2.30. The van der Waals surface area contributed by atoms with Gasteiger partial charge in [0.05, 0.1) is 34.5 Å². The number of imidazole rings is 1. The zero-order chi connectivity index (χ0) is 22.0. The van der Waals surface area contributed by atoms with E-state index in [-0.39, 0.29) is 40.7 Å². The van der Waals surface area contributed by atoms with E-state index in [0.717, 1.165) is 0 Å². The van der Waals surface area contributed by atoms with Crippen LogP contribution in [0.15, 0.2) is 41.2 Å². The minimum absolute atomic E-state index is 0.00971. The summed E-state index contributed by atoms with van der Waals surface area (Å²) in [5.74, 6) is -0.776. The van der Waals surface area contributed by atoms with Crippen molar-refractivity contribution < 1.29 is 23.0 Å². The molecule has 3 aromatic rings. The molecule has 0 radical (unpaired) electrons. The second-order valence-electron chi connectivity index (χ2n) is 6.65. The molecule has 7 nitrogen and oxygen atoms in total. The van der Waals surface area contributed by atoms with E-state index < -0.39 is 18.3 Å². The van der Waals surface area contributed by atoms with Crippen LogP contribution in [0.3, 0.4) is 0 Å². The molecule has 0 unspecified atom stereocenters. The summed E-state index contributed by atoms with van der Waals surface area (Å²) in [7, 11) is 0. The number of esters is 1. The fourth-order valence-corrected chi connectivity index (χ4v) is 3.33. The molecular formula is C21H19F2N3O4. The molecule has 1 heterocycles. The number of fused-ring (bicyclic) bond motifs is 1. The van der Waals surface area contributed by atoms with Crippen LogP contribution in [0, 0.1) is 11.3 Å². The van der Waals surface area contributed by atoms with Crippen molar-refractivity contribution in [2.24, 2.45) is 0 Å². The van der Waals surface area contributed by atoms with Crippen LogP contribution in [0.4, 0.5) is 8.78 Å². The Bertz CT molecular complexity index is 1210. The van der Waals surface area contributed by atoms with Crippen LogP contribution in [-0.4, -0.2) is 28.3 Å². The van der Waals surface area contributed by atoms with Gasteiger partial charge in [-0.15, -0.1) is 0 Å². The Kier molecular flexibility index (Phi) is 5.87. The third kappa shape index (κ3) is 3.64. The van der Waals surface area contributed by atoms with Gasteiger partial charge < -0.3 is 9.47 Å². The van der Waals surface area contributed by atoms with Crippen LogP contribution in [0.25, 0.3) is 16.7 Å². The van der Waals surface area contributed by atoms with Gasteiger partial charge in [-0.05, 0) is 45.0 Å². The largest absolute Gasteiger partial charge is 0.462 e. The number of nitriles is 1. The number of alkyl halides is 2. The zero-order valence-corrected chi connectivity index (χ0v) is 16.6. The van der Waals surface area contributed by atoms with Crippen molar-refractivity contribution in [1.29, 1.82) is 5.26 Å². The SMILES string of the molecule is CCOC(=O)c1ccc2c(c1C#N)n(C(C)C)c(=O)n2-c1cccc(OC(F)F)c1. The van der Waals surface area contributed by atoms with Crippen LogP contribution in [-0.2, 0) is 4.74 Å². The number of carbonyl (C=O) groups excluding carboxylic acids is 1. The minimum atomic E-state index is -3.01. The van der Waals surface area contributed by atoms with Gasteiger partial charge >= 0.3 is 18.3 Å². The highest BCUT2D eigenvalue weighted by Gasteiger charge is 2.24. The van der Waals surface area contributed by atoms with Crippen molar-refractivity contribution in [3.63, 3.8) is 0 Å². The Morgan fingerprint density at radius 1 is 1.23 bits per heavy atom. The molecule has 0 fully saturated rings. The topological polar surface area (TPSA) is 86.3 Å². The third-order valence-corrected chi connectivity index (χ3v) is 4.46.